The largest absolute Gasteiger partial charge is 0.363 e. The van der Waals surface area contributed by atoms with Crippen LogP contribution in [0.2, 0.25) is 0 Å². The molecule has 0 saturated carbocycles. The van der Waals surface area contributed by atoms with E-state index in [2.05, 4.69) is 31.4 Å². The Labute approximate surface area is 132 Å². The van der Waals surface area contributed by atoms with E-state index in [9.17, 15) is 0 Å². The number of unbranched alkanes of at least 4 members (excludes halogenated alkanes) is 8. The molecule has 0 aromatic rings. The number of hydrogen-bond acceptors (Lipinski definition) is 1. The van der Waals surface area contributed by atoms with Gasteiger partial charge in [0.15, 0.2) is 5.11 Å². The summed E-state index contributed by atoms with van der Waals surface area (Å²) in [6.45, 7) is 7.75. The van der Waals surface area contributed by atoms with E-state index in [1.807, 2.05) is 0 Å². The minimum atomic E-state index is 0.497. The van der Waals surface area contributed by atoms with Crippen LogP contribution < -0.4 is 10.6 Å². The normalized spacial score (nSPS) is 12.2. The van der Waals surface area contributed by atoms with Crippen LogP contribution in [0.25, 0.3) is 0 Å². The predicted molar refractivity (Wildman–Crippen MR) is 95.3 cm³/mol. The third-order valence-corrected chi connectivity index (χ3v) is 3.95. The lowest BCUT2D eigenvalue weighted by atomic mass is 10.1. The lowest BCUT2D eigenvalue weighted by Crippen LogP contribution is -2.40. The maximum absolute atomic E-state index is 5.33. The molecule has 0 aliphatic rings. The first-order chi connectivity index (χ1) is 9.70. The van der Waals surface area contributed by atoms with E-state index >= 15 is 0 Å². The average molecular weight is 301 g/mol. The third kappa shape index (κ3) is 14.1. The molecule has 2 N–H and O–H groups in total. The summed E-state index contributed by atoms with van der Waals surface area (Å²) < 4.78 is 0. The molecular formula is C17H36N2S. The lowest BCUT2D eigenvalue weighted by Gasteiger charge is -2.16. The molecule has 1 unspecified atom stereocenters. The Balaban J connectivity index is 3.34. The van der Waals surface area contributed by atoms with Crippen molar-refractivity contribution >= 4 is 17.3 Å². The van der Waals surface area contributed by atoms with Crippen molar-refractivity contribution in [3.63, 3.8) is 0 Å². The molecule has 0 heterocycles. The Kier molecular flexibility index (Phi) is 14.9. The minimum absolute atomic E-state index is 0.497. The van der Waals surface area contributed by atoms with Crippen molar-refractivity contribution in [3.8, 4) is 0 Å². The van der Waals surface area contributed by atoms with Gasteiger partial charge in [-0.25, -0.2) is 0 Å². The van der Waals surface area contributed by atoms with Crippen molar-refractivity contribution in [1.29, 1.82) is 0 Å². The number of nitrogens with one attached hydrogen (secondary N) is 2. The first-order valence-corrected chi connectivity index (χ1v) is 9.15. The second-order valence-electron chi connectivity index (χ2n) is 5.92. The van der Waals surface area contributed by atoms with E-state index in [1.165, 1.54) is 70.6 Å². The van der Waals surface area contributed by atoms with Gasteiger partial charge >= 0.3 is 0 Å². The Morgan fingerprint density at radius 1 is 0.850 bits per heavy atom. The van der Waals surface area contributed by atoms with Crippen LogP contribution in [0.4, 0.5) is 0 Å². The summed E-state index contributed by atoms with van der Waals surface area (Å²) in [5, 5.41) is 7.55. The van der Waals surface area contributed by atoms with Gasteiger partial charge in [-0.15, -0.1) is 0 Å². The molecule has 0 radical (unpaired) electrons. The first-order valence-electron chi connectivity index (χ1n) is 8.75. The first kappa shape index (κ1) is 19.7. The van der Waals surface area contributed by atoms with E-state index in [0.29, 0.717) is 6.04 Å². The Morgan fingerprint density at radius 2 is 1.40 bits per heavy atom. The van der Waals surface area contributed by atoms with Gasteiger partial charge in [0.2, 0.25) is 0 Å². The van der Waals surface area contributed by atoms with Gasteiger partial charge in [-0.3, -0.25) is 0 Å². The maximum atomic E-state index is 5.33. The van der Waals surface area contributed by atoms with Crippen molar-refractivity contribution in [2.45, 2.75) is 97.4 Å². The second-order valence-corrected chi connectivity index (χ2v) is 6.33. The molecular weight excluding hydrogens is 264 g/mol. The SMILES string of the molecule is CCCCCCCCNC(=S)NC(C)CCCCCC. The van der Waals surface area contributed by atoms with Gasteiger partial charge in [-0.2, -0.15) is 0 Å². The highest BCUT2D eigenvalue weighted by Gasteiger charge is 2.03. The van der Waals surface area contributed by atoms with Crippen LogP contribution in [-0.2, 0) is 0 Å². The van der Waals surface area contributed by atoms with E-state index in [4.69, 9.17) is 12.2 Å². The van der Waals surface area contributed by atoms with Crippen molar-refractivity contribution in [2.75, 3.05) is 6.54 Å². The van der Waals surface area contributed by atoms with Gasteiger partial charge in [0.1, 0.15) is 0 Å². The zero-order chi connectivity index (χ0) is 15.1. The molecule has 2 nitrogen and oxygen atoms in total. The topological polar surface area (TPSA) is 24.1 Å². The molecule has 0 saturated heterocycles. The lowest BCUT2D eigenvalue weighted by molar-refractivity contribution is 0.538. The summed E-state index contributed by atoms with van der Waals surface area (Å²) in [7, 11) is 0. The Morgan fingerprint density at radius 3 is 2.05 bits per heavy atom. The highest BCUT2D eigenvalue weighted by Crippen LogP contribution is 2.05. The summed E-state index contributed by atoms with van der Waals surface area (Å²) in [6, 6.07) is 0.497. The maximum Gasteiger partial charge on any atom is 0.166 e. The molecule has 0 aromatic heterocycles. The van der Waals surface area contributed by atoms with Crippen LogP contribution in [0, 0.1) is 0 Å². The highest BCUT2D eigenvalue weighted by molar-refractivity contribution is 7.80. The summed E-state index contributed by atoms with van der Waals surface area (Å²) in [6.07, 6.45) is 14.5. The Hall–Kier alpha value is -0.310. The van der Waals surface area contributed by atoms with Gasteiger partial charge in [-0.1, -0.05) is 71.6 Å². The van der Waals surface area contributed by atoms with Gasteiger partial charge in [0.05, 0.1) is 0 Å². The quantitative estimate of drug-likeness (QED) is 0.362. The predicted octanol–water partition coefficient (Wildman–Crippen LogP) is 5.17. The van der Waals surface area contributed by atoms with Crippen molar-refractivity contribution in [2.24, 2.45) is 0 Å². The molecule has 0 rings (SSSR count). The summed E-state index contributed by atoms with van der Waals surface area (Å²) in [4.78, 5) is 0. The monoisotopic (exact) mass is 300 g/mol. The molecule has 0 fully saturated rings. The molecule has 0 aliphatic heterocycles. The molecule has 1 atom stereocenters. The van der Waals surface area contributed by atoms with Crippen LogP contribution in [0.5, 0.6) is 0 Å². The fourth-order valence-corrected chi connectivity index (χ4v) is 2.63. The van der Waals surface area contributed by atoms with E-state index in [-0.39, 0.29) is 0 Å². The van der Waals surface area contributed by atoms with E-state index < -0.39 is 0 Å². The van der Waals surface area contributed by atoms with Gasteiger partial charge in [0, 0.05) is 12.6 Å². The van der Waals surface area contributed by atoms with Crippen LogP contribution in [-0.4, -0.2) is 17.7 Å². The summed E-state index contributed by atoms with van der Waals surface area (Å²) in [5.74, 6) is 0. The molecule has 0 spiro atoms. The van der Waals surface area contributed by atoms with Crippen molar-refractivity contribution in [3.05, 3.63) is 0 Å². The van der Waals surface area contributed by atoms with Crippen LogP contribution in [0.15, 0.2) is 0 Å². The minimum Gasteiger partial charge on any atom is -0.363 e. The van der Waals surface area contributed by atoms with Gasteiger partial charge in [-0.05, 0) is 32.0 Å². The van der Waals surface area contributed by atoms with Gasteiger partial charge < -0.3 is 10.6 Å². The zero-order valence-electron chi connectivity index (χ0n) is 14.0. The molecule has 0 aromatic carbocycles. The molecule has 0 amide bonds. The molecule has 120 valence electrons. The molecule has 3 heteroatoms. The Bertz CT molecular complexity index is 219. The van der Waals surface area contributed by atoms with E-state index in [1.54, 1.807) is 0 Å². The van der Waals surface area contributed by atoms with Crippen LogP contribution in [0.3, 0.4) is 0 Å². The highest BCUT2D eigenvalue weighted by atomic mass is 32.1. The number of rotatable bonds is 13. The smallest absolute Gasteiger partial charge is 0.166 e. The van der Waals surface area contributed by atoms with Crippen LogP contribution in [0.1, 0.15) is 91.4 Å². The molecule has 20 heavy (non-hydrogen) atoms. The fourth-order valence-electron chi connectivity index (χ4n) is 2.33. The van der Waals surface area contributed by atoms with Gasteiger partial charge in [0.25, 0.3) is 0 Å². The van der Waals surface area contributed by atoms with Crippen LogP contribution >= 0.6 is 12.2 Å². The molecule has 0 bridgehead atoms. The van der Waals surface area contributed by atoms with E-state index in [0.717, 1.165) is 11.7 Å². The third-order valence-electron chi connectivity index (χ3n) is 3.68. The average Bonchev–Trinajstić information content (AvgIpc) is 2.42. The van der Waals surface area contributed by atoms with Crippen molar-refractivity contribution in [1.82, 2.24) is 10.6 Å². The standard InChI is InChI=1S/C17H36N2S/c1-4-6-8-10-11-13-15-18-17(20)19-16(3)14-12-9-7-5-2/h16H,4-15H2,1-3H3,(H2,18,19,20). The zero-order valence-corrected chi connectivity index (χ0v) is 14.8. The summed E-state index contributed by atoms with van der Waals surface area (Å²) >= 11 is 5.33. The fraction of sp³-hybridized carbons (Fsp3) is 0.941. The molecule has 0 aliphatic carbocycles. The second kappa shape index (κ2) is 15.1. The number of thiocarbonyl (C=S) groups is 1. The van der Waals surface area contributed by atoms with Crippen molar-refractivity contribution < 1.29 is 0 Å². The number of hydrogen-bond donors (Lipinski definition) is 2. The summed E-state index contributed by atoms with van der Waals surface area (Å²) in [5.41, 5.74) is 0.